The second-order valence-electron chi connectivity index (χ2n) is 5.01. The maximum Gasteiger partial charge on any atom is 0.259 e. The van der Waals surface area contributed by atoms with Crippen LogP contribution in [-0.4, -0.2) is 21.6 Å². The number of nitrogens with one attached hydrogen (secondary N) is 3. The van der Waals surface area contributed by atoms with Crippen molar-refractivity contribution in [3.8, 4) is 0 Å². The number of para-hydroxylation sites is 1. The van der Waals surface area contributed by atoms with Crippen molar-refractivity contribution in [3.05, 3.63) is 88.3 Å². The minimum atomic E-state index is -0.300. The van der Waals surface area contributed by atoms with Gasteiger partial charge in [-0.15, -0.1) is 12.6 Å². The van der Waals surface area contributed by atoms with Crippen LogP contribution in [0.1, 0.15) is 11.1 Å². The highest BCUT2D eigenvalue weighted by atomic mass is 32.1. The molecule has 0 fully saturated rings. The smallest absolute Gasteiger partial charge is 0.259 e. The Morgan fingerprint density at radius 3 is 2.19 bits per heavy atom. The first-order valence-corrected chi connectivity index (χ1v) is 7.52. The zero-order chi connectivity index (χ0) is 16.2. The van der Waals surface area contributed by atoms with E-state index < -0.39 is 0 Å². The van der Waals surface area contributed by atoms with Gasteiger partial charge in [0.2, 0.25) is 0 Å². The third-order valence-corrected chi connectivity index (χ3v) is 3.72. The molecular weight excluding hydrogens is 352 g/mol. The van der Waals surface area contributed by atoms with Crippen molar-refractivity contribution < 1.29 is 11.0 Å². The van der Waals surface area contributed by atoms with E-state index in [0.29, 0.717) is 16.8 Å². The molecule has 138 valence electrons. The fourth-order valence-corrected chi connectivity index (χ4v) is 2.43. The molecule has 0 amide bonds. The van der Waals surface area contributed by atoms with Crippen LogP contribution in [0, 0.1) is 5.41 Å². The molecule has 1 heterocycles. The number of aromatic amines is 1. The maximum absolute atomic E-state index is 12.3. The Morgan fingerprint density at radius 1 is 0.962 bits per heavy atom. The topological polar surface area (TPSA) is 167 Å². The van der Waals surface area contributed by atoms with Crippen LogP contribution < -0.4 is 17.0 Å². The number of thiol groups is 1. The molecule has 8 heteroatoms. The van der Waals surface area contributed by atoms with Crippen LogP contribution in [0.15, 0.2) is 76.6 Å². The Labute approximate surface area is 156 Å². The predicted octanol–water partition coefficient (Wildman–Crippen LogP) is 2.34. The number of H-pyrrole nitrogens is 1. The number of hydrogen-bond donors (Lipinski definition) is 5. The first-order valence-electron chi connectivity index (χ1n) is 7.07. The van der Waals surface area contributed by atoms with Crippen LogP contribution in [0.3, 0.4) is 0 Å². The lowest BCUT2D eigenvalue weighted by molar-refractivity contribution is 0.823. The Morgan fingerprint density at radius 2 is 1.58 bits per heavy atom. The molecule has 7 nitrogen and oxygen atoms in total. The zero-order valence-corrected chi connectivity index (χ0v) is 14.8. The minimum absolute atomic E-state index is 0. The standard InChI is InChI=1S/C18H15N3OS.H3N.2H2O/c19-17(12-6-8-14(23)9-7-12)16-15(10-11-20-18(16)22)21-13-4-2-1-3-5-13;;;/h1-11,19,23H,(H2,20,21,22);1H3;2*1H2. The van der Waals surface area contributed by atoms with Gasteiger partial charge in [0.05, 0.1) is 17.0 Å². The number of pyridine rings is 1. The lowest BCUT2D eigenvalue weighted by Crippen LogP contribution is -2.20. The zero-order valence-electron chi connectivity index (χ0n) is 13.9. The summed E-state index contributed by atoms with van der Waals surface area (Å²) in [6, 6.07) is 18.5. The Kier molecular flexibility index (Phi) is 9.03. The molecule has 1 aromatic heterocycles. The summed E-state index contributed by atoms with van der Waals surface area (Å²) in [5.74, 6) is 0. The first-order chi connectivity index (χ1) is 11.1. The summed E-state index contributed by atoms with van der Waals surface area (Å²) >= 11 is 4.24. The van der Waals surface area contributed by atoms with Gasteiger partial charge in [0.25, 0.3) is 5.56 Å². The van der Waals surface area contributed by atoms with Gasteiger partial charge in [-0.2, -0.15) is 0 Å². The monoisotopic (exact) mass is 374 g/mol. The summed E-state index contributed by atoms with van der Waals surface area (Å²) < 4.78 is 0. The Balaban J connectivity index is 0.00000208. The molecule has 0 saturated carbocycles. The average Bonchev–Trinajstić information content (AvgIpc) is 2.56. The van der Waals surface area contributed by atoms with E-state index in [1.54, 1.807) is 36.5 Å². The molecule has 26 heavy (non-hydrogen) atoms. The number of benzene rings is 2. The molecule has 0 bridgehead atoms. The van der Waals surface area contributed by atoms with E-state index >= 15 is 0 Å². The highest BCUT2D eigenvalue weighted by molar-refractivity contribution is 7.80. The van der Waals surface area contributed by atoms with Gasteiger partial charge in [-0.25, -0.2) is 0 Å². The van der Waals surface area contributed by atoms with Crippen molar-refractivity contribution in [3.63, 3.8) is 0 Å². The van der Waals surface area contributed by atoms with Gasteiger partial charge in [-0.1, -0.05) is 30.3 Å². The van der Waals surface area contributed by atoms with Gasteiger partial charge >= 0.3 is 0 Å². The highest BCUT2D eigenvalue weighted by Crippen LogP contribution is 2.20. The van der Waals surface area contributed by atoms with E-state index in [2.05, 4.69) is 22.9 Å². The number of aromatic nitrogens is 1. The molecule has 3 aromatic rings. The molecule has 3 rings (SSSR count). The number of hydrogen-bond acceptors (Lipinski definition) is 5. The molecule has 0 aliphatic carbocycles. The Bertz CT molecular complexity index is 896. The highest BCUT2D eigenvalue weighted by Gasteiger charge is 2.14. The quantitative estimate of drug-likeness (QED) is 0.350. The van der Waals surface area contributed by atoms with E-state index in [1.807, 2.05) is 30.3 Å². The fraction of sp³-hybridized carbons (Fsp3) is 0. The van der Waals surface area contributed by atoms with E-state index in [-0.39, 0.29) is 28.4 Å². The second-order valence-corrected chi connectivity index (χ2v) is 5.52. The largest absolute Gasteiger partial charge is 0.412 e. The van der Waals surface area contributed by atoms with E-state index in [9.17, 15) is 4.79 Å². The van der Waals surface area contributed by atoms with Gasteiger partial charge in [0.15, 0.2) is 0 Å². The van der Waals surface area contributed by atoms with Crippen LogP contribution in [0.2, 0.25) is 0 Å². The first kappa shape index (κ1) is 23.1. The summed E-state index contributed by atoms with van der Waals surface area (Å²) in [4.78, 5) is 15.7. The second kappa shape index (κ2) is 10.2. The molecule has 0 aliphatic rings. The molecule has 2 aromatic carbocycles. The molecule has 0 radical (unpaired) electrons. The Hall–Kier alpha value is -2.91. The number of anilines is 2. The lowest BCUT2D eigenvalue weighted by Gasteiger charge is -2.12. The van der Waals surface area contributed by atoms with Gasteiger partial charge in [0.1, 0.15) is 0 Å². The predicted molar refractivity (Wildman–Crippen MR) is 109 cm³/mol. The van der Waals surface area contributed by atoms with Gasteiger partial charge in [-0.05, 0) is 30.3 Å². The molecule has 0 unspecified atom stereocenters. The number of rotatable bonds is 4. The third kappa shape index (κ3) is 5.04. The average molecular weight is 374 g/mol. The van der Waals surface area contributed by atoms with Crippen LogP contribution in [0.5, 0.6) is 0 Å². The van der Waals surface area contributed by atoms with Gasteiger partial charge in [-0.3, -0.25) is 10.2 Å². The van der Waals surface area contributed by atoms with Gasteiger partial charge < -0.3 is 27.4 Å². The molecule has 0 aliphatic heterocycles. The van der Waals surface area contributed by atoms with Crippen molar-refractivity contribution >= 4 is 29.7 Å². The summed E-state index contributed by atoms with van der Waals surface area (Å²) in [7, 11) is 0. The summed E-state index contributed by atoms with van der Waals surface area (Å²) in [6.45, 7) is 0. The minimum Gasteiger partial charge on any atom is -0.412 e. The fourth-order valence-electron chi connectivity index (χ4n) is 2.28. The van der Waals surface area contributed by atoms with E-state index in [1.165, 1.54) is 0 Å². The van der Waals surface area contributed by atoms with Crippen molar-refractivity contribution in [2.75, 3.05) is 5.32 Å². The molecule has 10 N–H and O–H groups in total. The summed E-state index contributed by atoms with van der Waals surface area (Å²) in [5.41, 5.74) is 2.29. The normalized spacial score (nSPS) is 9.12. The third-order valence-electron chi connectivity index (χ3n) is 3.42. The molecular formula is C18H22N4O3S. The van der Waals surface area contributed by atoms with Crippen LogP contribution in [0.4, 0.5) is 11.4 Å². The molecule has 0 saturated heterocycles. The van der Waals surface area contributed by atoms with Gasteiger partial charge in [0, 0.05) is 22.3 Å². The summed E-state index contributed by atoms with van der Waals surface area (Å²) in [5, 5.41) is 11.6. The van der Waals surface area contributed by atoms with Crippen LogP contribution >= 0.6 is 12.6 Å². The SMILES string of the molecule is N.N=C(c1ccc(S)cc1)c1c(Nc2ccccc2)cc[nH]c1=O.O.O. The van der Waals surface area contributed by atoms with Crippen LogP contribution in [-0.2, 0) is 0 Å². The van der Waals surface area contributed by atoms with E-state index in [0.717, 1.165) is 10.6 Å². The summed E-state index contributed by atoms with van der Waals surface area (Å²) in [6.07, 6.45) is 1.57. The lowest BCUT2D eigenvalue weighted by atomic mass is 10.0. The van der Waals surface area contributed by atoms with Crippen molar-refractivity contribution in [1.29, 1.82) is 5.41 Å². The molecule has 0 atom stereocenters. The van der Waals surface area contributed by atoms with Crippen molar-refractivity contribution in [2.24, 2.45) is 0 Å². The maximum atomic E-state index is 12.3. The van der Waals surface area contributed by atoms with E-state index in [4.69, 9.17) is 5.41 Å². The van der Waals surface area contributed by atoms with Crippen molar-refractivity contribution in [2.45, 2.75) is 4.90 Å². The van der Waals surface area contributed by atoms with Crippen LogP contribution in [0.25, 0.3) is 0 Å². The van der Waals surface area contributed by atoms with Crippen molar-refractivity contribution in [1.82, 2.24) is 11.1 Å². The molecule has 0 spiro atoms.